The molecule has 0 radical (unpaired) electrons. The predicted molar refractivity (Wildman–Crippen MR) is 300 cm³/mol. The third kappa shape index (κ3) is 23.1. The molecule has 3 aromatic rings. The summed E-state index contributed by atoms with van der Waals surface area (Å²) < 4.78 is 31.8. The number of halogens is 2. The summed E-state index contributed by atoms with van der Waals surface area (Å²) in [5.41, 5.74) is 5.93. The Morgan fingerprint density at radius 3 is 1.99 bits per heavy atom. The number of hydrogen-bond acceptors (Lipinski definition) is 13. The van der Waals surface area contributed by atoms with E-state index in [9.17, 15) is 67.3 Å². The lowest BCUT2D eigenvalue weighted by molar-refractivity contribution is -0.143. The molecule has 1 aromatic heterocycles. The molecule has 7 amide bonds. The van der Waals surface area contributed by atoms with Gasteiger partial charge >= 0.3 is 11.9 Å². The molecule has 3 rings (SSSR count). The van der Waals surface area contributed by atoms with Crippen LogP contribution in [0.5, 0.6) is 0 Å². The van der Waals surface area contributed by atoms with Gasteiger partial charge in [-0.05, 0) is 95.3 Å². The van der Waals surface area contributed by atoms with Crippen LogP contribution in [0, 0.1) is 23.0 Å². The predicted octanol–water partition coefficient (Wildman–Crippen LogP) is 3.14. The fourth-order valence-corrected chi connectivity index (χ4v) is 9.14. The number of hydrogen-bond donors (Lipinski definition) is 9. The van der Waals surface area contributed by atoms with E-state index < -0.39 is 177 Å². The van der Waals surface area contributed by atoms with Gasteiger partial charge in [-0.3, -0.25) is 48.1 Å². The van der Waals surface area contributed by atoms with Crippen molar-refractivity contribution in [2.45, 2.75) is 155 Å². The van der Waals surface area contributed by atoms with Crippen molar-refractivity contribution in [3.63, 3.8) is 0 Å². The lowest BCUT2D eigenvalue weighted by Gasteiger charge is -2.41. The summed E-state index contributed by atoms with van der Waals surface area (Å²) in [5.74, 6) is -12.2. The Hall–Kier alpha value is -7.93. The average molecular weight is 1170 g/mol. The fourth-order valence-electron chi connectivity index (χ4n) is 9.14. The van der Waals surface area contributed by atoms with Crippen LogP contribution in [0.4, 0.5) is 8.78 Å². The Morgan fingerprint density at radius 1 is 0.723 bits per heavy atom. The first-order valence-corrected chi connectivity index (χ1v) is 27.5. The van der Waals surface area contributed by atoms with E-state index in [1.807, 2.05) is 12.1 Å². The number of Topliss-reactive ketones (excluding diaryl/α,β-unsaturated/α-hetero) is 2. The molecule has 1 heterocycles. The number of unbranched alkanes of at least 4 members (excludes halogenated alkanes) is 2. The van der Waals surface area contributed by atoms with Crippen molar-refractivity contribution >= 4 is 64.9 Å². The molecule has 0 aliphatic heterocycles. The van der Waals surface area contributed by atoms with E-state index >= 15 is 4.39 Å². The summed E-state index contributed by atoms with van der Waals surface area (Å²) in [6.45, 7) is 10.1. The molecule has 0 spiro atoms. The van der Waals surface area contributed by atoms with E-state index in [0.29, 0.717) is 18.7 Å². The molecule has 0 saturated heterocycles. The zero-order chi connectivity index (χ0) is 62.3. The van der Waals surface area contributed by atoms with Crippen LogP contribution in [-0.2, 0) is 59.3 Å². The molecule has 0 fully saturated rings. The molecule has 0 aliphatic carbocycles. The lowest BCUT2D eigenvalue weighted by atomic mass is 9.82. The topological polar surface area (TPSA) is 346 Å². The minimum atomic E-state index is -1.77. The van der Waals surface area contributed by atoms with Crippen LogP contribution in [0.25, 0.3) is 11.1 Å². The van der Waals surface area contributed by atoms with Gasteiger partial charge in [0.25, 0.3) is 0 Å². The van der Waals surface area contributed by atoms with E-state index in [1.54, 1.807) is 74.7 Å². The summed E-state index contributed by atoms with van der Waals surface area (Å²) in [4.78, 5) is 145. The lowest BCUT2D eigenvalue weighted by Crippen LogP contribution is -2.56. The first-order valence-electron chi connectivity index (χ1n) is 27.5. The Morgan fingerprint density at radius 2 is 1.39 bits per heavy atom. The maximum absolute atomic E-state index is 15.4. The van der Waals surface area contributed by atoms with Gasteiger partial charge in [-0.15, -0.1) is 0 Å². The van der Waals surface area contributed by atoms with Gasteiger partial charge in [0.05, 0.1) is 24.5 Å². The minimum Gasteiger partial charge on any atom is -0.481 e. The molecule has 0 bridgehead atoms. The second-order valence-electron chi connectivity index (χ2n) is 21.9. The Kier molecular flexibility index (Phi) is 27.8. The molecule has 25 heteroatoms. The molecular weight excluding hydrogens is 1080 g/mol. The van der Waals surface area contributed by atoms with Gasteiger partial charge in [0.2, 0.25) is 41.4 Å². The van der Waals surface area contributed by atoms with Crippen LogP contribution in [0.1, 0.15) is 130 Å². The number of rotatable bonds is 36. The van der Waals surface area contributed by atoms with E-state index in [1.165, 1.54) is 25.7 Å². The van der Waals surface area contributed by atoms with Crippen LogP contribution < -0.4 is 32.3 Å². The van der Waals surface area contributed by atoms with Crippen LogP contribution >= 0.6 is 0 Å². The van der Waals surface area contributed by atoms with Crippen molar-refractivity contribution in [3.8, 4) is 11.1 Å². The molecule has 23 nitrogen and oxygen atoms in total. The van der Waals surface area contributed by atoms with Crippen LogP contribution in [0.3, 0.4) is 0 Å². The van der Waals surface area contributed by atoms with Gasteiger partial charge in [0.1, 0.15) is 42.2 Å². The van der Waals surface area contributed by atoms with E-state index in [-0.39, 0.29) is 23.5 Å². The summed E-state index contributed by atoms with van der Waals surface area (Å²) in [6, 6.07) is 5.87. The number of carbonyl (C=O) groups excluding carboxylic acids is 9. The number of aliphatic hydroxyl groups excluding tert-OH is 1. The third-order valence-electron chi connectivity index (χ3n) is 13.9. The number of benzene rings is 2. The molecule has 7 atom stereocenters. The Labute approximate surface area is 481 Å². The molecule has 0 saturated carbocycles. The minimum absolute atomic E-state index is 0.0885. The molecule has 10 N–H and O–H groups in total. The highest BCUT2D eigenvalue weighted by atomic mass is 19.1. The van der Waals surface area contributed by atoms with Gasteiger partial charge in [-0.2, -0.15) is 0 Å². The van der Waals surface area contributed by atoms with Crippen molar-refractivity contribution in [2.24, 2.45) is 17.1 Å². The molecular formula is C58H81F2N9O14. The number of carboxylic acids is 2. The quantitative estimate of drug-likeness (QED) is 0.0378. The van der Waals surface area contributed by atoms with Crippen molar-refractivity contribution < 1.29 is 76.8 Å². The molecule has 2 aromatic carbocycles. The van der Waals surface area contributed by atoms with Crippen molar-refractivity contribution in [1.82, 2.24) is 41.0 Å². The van der Waals surface area contributed by atoms with Crippen LogP contribution in [-0.4, -0.2) is 158 Å². The Bertz CT molecular complexity index is 2770. The number of amides is 7. The second kappa shape index (κ2) is 33.2. The third-order valence-corrected chi connectivity index (χ3v) is 13.9. The maximum Gasteiger partial charge on any atom is 0.326 e. The number of carboxylic acid groups (broad SMARTS) is 2. The Balaban J connectivity index is 1.97. The second-order valence-corrected chi connectivity index (χ2v) is 21.9. The standard InChI is InChI=1S/C58H81F2N9O14/c1-34(27-47(72)36(3)63-54(79)37(4)67(8)25-14-10-11-15-35(2)71)53(78)66-45(30-48(61)73)56(81)65-43(55(80)62-24-22-49(74)64-44(57(82)83)20-21-51(76)77)23-26-69(50(75)33-70)52(58(5,6)7)46-28-39(41-29-40(59)18-19-42(41)60)32-68(46)31-38-16-12-9-13-17-38/h9,12-13,16-19,28-29,32,34,36-37,43-45,52,70H,10-11,14-15,20-27,30-31,33H2,1-8H3,(H2,61,73)(H,62,80)(H,63,79)(H,64,74)(H,65,81)(H,66,78)(H,76,77)(H,82,83)/t34-,36-,37-,43-,44+,45-,52-/m0/s1. The number of carbonyl (C=O) groups is 11. The van der Waals surface area contributed by atoms with Gasteiger partial charge in [-0.25, -0.2) is 13.6 Å². The number of nitrogens with one attached hydrogen (secondary N) is 5. The van der Waals surface area contributed by atoms with Crippen LogP contribution in [0.15, 0.2) is 60.8 Å². The molecule has 456 valence electrons. The number of nitrogens with zero attached hydrogens (tertiary/aromatic N) is 3. The number of likely N-dealkylation sites (N-methyl/N-ethyl adjacent to an activating group) is 1. The maximum atomic E-state index is 15.4. The SMILES string of the molecule is CC(=O)CCCCCN(C)[C@@H](C)C(=O)N[C@@H](C)C(=O)C[C@H](C)C(=O)N[C@@H](CC(N)=O)C(=O)N[C@@H](CCN(C(=O)CO)[C@@H](c1cc(-c2cc(F)ccc2F)cn1Cc1ccccc1)C(C)(C)C)C(=O)NCCC(=O)N[C@H](CCC(=O)O)C(=O)O. The van der Waals surface area contributed by atoms with Crippen LogP contribution in [0.2, 0.25) is 0 Å². The summed E-state index contributed by atoms with van der Waals surface area (Å²) in [7, 11) is 1.75. The number of aromatic nitrogens is 1. The molecule has 0 aliphatic rings. The highest BCUT2D eigenvalue weighted by Gasteiger charge is 2.39. The first kappa shape index (κ1) is 69.3. The highest BCUT2D eigenvalue weighted by Crippen LogP contribution is 2.41. The first-order chi connectivity index (χ1) is 38.9. The zero-order valence-corrected chi connectivity index (χ0v) is 48.4. The zero-order valence-electron chi connectivity index (χ0n) is 48.4. The van der Waals surface area contributed by atoms with Gasteiger partial charge in [-0.1, -0.05) is 64.4 Å². The van der Waals surface area contributed by atoms with E-state index in [0.717, 1.165) is 43.0 Å². The largest absolute Gasteiger partial charge is 0.481 e. The number of primary amides is 1. The van der Waals surface area contributed by atoms with Crippen molar-refractivity contribution in [3.05, 3.63) is 83.7 Å². The van der Waals surface area contributed by atoms with Gasteiger partial charge in [0.15, 0.2) is 5.78 Å². The molecule has 83 heavy (non-hydrogen) atoms. The van der Waals surface area contributed by atoms with Crippen molar-refractivity contribution in [2.75, 3.05) is 33.3 Å². The number of aliphatic hydroxyl groups is 1. The average Bonchev–Trinajstić information content (AvgIpc) is 3.97. The van der Waals surface area contributed by atoms with Gasteiger partial charge < -0.3 is 61.9 Å². The van der Waals surface area contributed by atoms with Gasteiger partial charge in [0, 0.05) is 74.3 Å². The number of aliphatic carboxylic acids is 2. The number of ketones is 2. The fraction of sp³-hybridized carbons (Fsp3) is 0.534. The smallest absolute Gasteiger partial charge is 0.326 e. The summed E-state index contributed by atoms with van der Waals surface area (Å²) >= 11 is 0. The monoisotopic (exact) mass is 1170 g/mol. The van der Waals surface area contributed by atoms with Crippen molar-refractivity contribution in [1.29, 1.82) is 0 Å². The number of nitrogens with two attached hydrogens (primary N) is 1. The highest BCUT2D eigenvalue weighted by molar-refractivity contribution is 5.97. The summed E-state index contributed by atoms with van der Waals surface area (Å²) in [6.07, 6.45) is 1.03. The molecule has 0 unspecified atom stereocenters. The summed E-state index contributed by atoms with van der Waals surface area (Å²) in [5, 5.41) is 41.3. The van der Waals surface area contributed by atoms with E-state index in [2.05, 4.69) is 26.6 Å². The van der Waals surface area contributed by atoms with E-state index in [4.69, 9.17) is 10.8 Å². The normalized spacial score (nSPS) is 13.9.